The number of unbranched alkanes of at least 4 members (excludes halogenated alkanes) is 1. The molecule has 0 bridgehead atoms. The summed E-state index contributed by atoms with van der Waals surface area (Å²) in [6.07, 6.45) is 7.26. The Balaban J connectivity index is 1.60. The van der Waals surface area contributed by atoms with Crippen LogP contribution in [0.3, 0.4) is 0 Å². The number of para-hydroxylation sites is 1. The van der Waals surface area contributed by atoms with E-state index in [4.69, 9.17) is 25.8 Å². The molecular formula is C28H35ClN2O5S. The monoisotopic (exact) mass is 546 g/mol. The Morgan fingerprint density at radius 3 is 2.49 bits per heavy atom. The van der Waals surface area contributed by atoms with Gasteiger partial charge in [0, 0.05) is 49.7 Å². The third-order valence-corrected chi connectivity index (χ3v) is 8.06. The van der Waals surface area contributed by atoms with Crippen LogP contribution in [0, 0.1) is 0 Å². The average molecular weight is 547 g/mol. The molecule has 0 radical (unpaired) electrons. The molecule has 200 valence electrons. The van der Waals surface area contributed by atoms with Crippen LogP contribution in [0.5, 0.6) is 11.5 Å². The number of nitrogens with zero attached hydrogens (tertiary/aromatic N) is 2. The van der Waals surface area contributed by atoms with Gasteiger partial charge >= 0.3 is 0 Å². The molecule has 0 amide bonds. The van der Waals surface area contributed by atoms with E-state index >= 15 is 0 Å². The Hall–Kier alpha value is -2.65. The topological polar surface area (TPSA) is 78.0 Å². The predicted molar refractivity (Wildman–Crippen MR) is 147 cm³/mol. The lowest BCUT2D eigenvalue weighted by Crippen LogP contribution is -2.23. The number of methoxy groups -OCH3 is 1. The first-order chi connectivity index (χ1) is 17.8. The summed E-state index contributed by atoms with van der Waals surface area (Å²) in [7, 11) is 0.685. The zero-order valence-electron chi connectivity index (χ0n) is 21.9. The molecule has 0 aliphatic rings. The minimum atomic E-state index is -3.69. The van der Waals surface area contributed by atoms with Crippen LogP contribution in [-0.4, -0.2) is 52.1 Å². The Kier molecular flexibility index (Phi) is 10.8. The van der Waals surface area contributed by atoms with Crippen molar-refractivity contribution in [3.8, 4) is 22.6 Å². The van der Waals surface area contributed by atoms with Gasteiger partial charge in [-0.1, -0.05) is 36.7 Å². The summed E-state index contributed by atoms with van der Waals surface area (Å²) in [5.74, 6) is 1.09. The van der Waals surface area contributed by atoms with Crippen molar-refractivity contribution in [1.29, 1.82) is 0 Å². The van der Waals surface area contributed by atoms with Gasteiger partial charge in [0.05, 0.1) is 20.3 Å². The maximum atomic E-state index is 12.7. The van der Waals surface area contributed by atoms with Gasteiger partial charge in [-0.25, -0.2) is 12.7 Å². The number of benzene rings is 2. The van der Waals surface area contributed by atoms with Crippen molar-refractivity contribution >= 4 is 21.6 Å². The molecule has 0 fully saturated rings. The number of sulfonamides is 1. The van der Waals surface area contributed by atoms with E-state index in [-0.39, 0.29) is 17.3 Å². The first-order valence-electron chi connectivity index (χ1n) is 12.3. The van der Waals surface area contributed by atoms with E-state index in [2.05, 4.69) is 18.0 Å². The van der Waals surface area contributed by atoms with Gasteiger partial charge in [0.1, 0.15) is 16.4 Å². The second-order valence-electron chi connectivity index (χ2n) is 8.77. The summed E-state index contributed by atoms with van der Waals surface area (Å²) in [6, 6.07) is 13.2. The Morgan fingerprint density at radius 1 is 0.973 bits per heavy atom. The summed E-state index contributed by atoms with van der Waals surface area (Å²) in [5, 5.41) is 0.401. The highest BCUT2D eigenvalue weighted by atomic mass is 35.5. The van der Waals surface area contributed by atoms with Gasteiger partial charge in [0.25, 0.3) is 0 Å². The second kappa shape index (κ2) is 13.8. The van der Waals surface area contributed by atoms with Gasteiger partial charge in [-0.2, -0.15) is 0 Å². The molecule has 2 aromatic carbocycles. The van der Waals surface area contributed by atoms with Gasteiger partial charge < -0.3 is 14.2 Å². The van der Waals surface area contributed by atoms with E-state index in [1.54, 1.807) is 0 Å². The largest absolute Gasteiger partial charge is 0.495 e. The number of aromatic nitrogens is 1. The Morgan fingerprint density at radius 2 is 1.76 bits per heavy atom. The van der Waals surface area contributed by atoms with Crippen molar-refractivity contribution in [3.63, 3.8) is 0 Å². The van der Waals surface area contributed by atoms with Crippen LogP contribution in [-0.2, 0) is 27.8 Å². The van der Waals surface area contributed by atoms with E-state index in [9.17, 15) is 8.42 Å². The third-order valence-electron chi connectivity index (χ3n) is 5.88. The Labute approximate surface area is 225 Å². The van der Waals surface area contributed by atoms with E-state index in [1.807, 2.05) is 36.7 Å². The second-order valence-corrected chi connectivity index (χ2v) is 11.3. The number of hydrogen-bond acceptors (Lipinski definition) is 6. The number of pyridine rings is 1. The van der Waals surface area contributed by atoms with Crippen molar-refractivity contribution in [2.45, 2.75) is 44.1 Å². The highest BCUT2D eigenvalue weighted by Crippen LogP contribution is 2.34. The molecule has 3 rings (SSSR count). The lowest BCUT2D eigenvalue weighted by molar-refractivity contribution is 0.117. The normalized spacial score (nSPS) is 11.6. The van der Waals surface area contributed by atoms with E-state index in [0.717, 1.165) is 52.4 Å². The molecule has 0 spiro atoms. The van der Waals surface area contributed by atoms with Gasteiger partial charge in [-0.05, 0) is 60.6 Å². The van der Waals surface area contributed by atoms with E-state index < -0.39 is 10.0 Å². The fraction of sp³-hybridized carbons (Fsp3) is 0.393. The predicted octanol–water partition coefficient (Wildman–Crippen LogP) is 5.99. The summed E-state index contributed by atoms with van der Waals surface area (Å²) in [4.78, 5) is 4.40. The van der Waals surface area contributed by atoms with Crippen LogP contribution >= 0.6 is 11.6 Å². The van der Waals surface area contributed by atoms with Crippen LogP contribution < -0.4 is 9.47 Å². The van der Waals surface area contributed by atoms with Gasteiger partial charge in [0.2, 0.25) is 10.0 Å². The van der Waals surface area contributed by atoms with E-state index in [0.29, 0.717) is 23.8 Å². The maximum Gasteiger partial charge on any atom is 0.246 e. The lowest BCUT2D eigenvalue weighted by Gasteiger charge is -2.17. The molecule has 0 unspecified atom stereocenters. The molecule has 0 atom stereocenters. The van der Waals surface area contributed by atoms with Crippen LogP contribution in [0.2, 0.25) is 5.02 Å². The molecule has 1 aromatic heterocycles. The molecular weight excluding hydrogens is 512 g/mol. The molecule has 9 heteroatoms. The van der Waals surface area contributed by atoms with Gasteiger partial charge in [0.15, 0.2) is 0 Å². The minimum Gasteiger partial charge on any atom is -0.495 e. The van der Waals surface area contributed by atoms with Gasteiger partial charge in [-0.3, -0.25) is 4.98 Å². The van der Waals surface area contributed by atoms with Crippen molar-refractivity contribution in [2.75, 3.05) is 34.4 Å². The number of hydrogen-bond donors (Lipinski definition) is 0. The van der Waals surface area contributed by atoms with Crippen molar-refractivity contribution in [3.05, 3.63) is 71.0 Å². The molecule has 37 heavy (non-hydrogen) atoms. The first kappa shape index (κ1) is 28.9. The molecule has 0 aliphatic carbocycles. The summed E-state index contributed by atoms with van der Waals surface area (Å²) in [6.45, 7) is 3.49. The fourth-order valence-corrected chi connectivity index (χ4v) is 5.15. The van der Waals surface area contributed by atoms with Crippen LogP contribution in [0.15, 0.2) is 59.8 Å². The summed E-state index contributed by atoms with van der Waals surface area (Å²) in [5.41, 5.74) is 3.96. The number of halogens is 1. The third kappa shape index (κ3) is 7.45. The molecule has 0 saturated heterocycles. The SMILES string of the molecule is CCCOc1ccccc1-c1ccncc1CCCCOCc1cc(S(=O)(=O)N(C)C)c(OC)cc1Cl. The maximum absolute atomic E-state index is 12.7. The Bertz CT molecular complexity index is 1280. The molecule has 3 aromatic rings. The smallest absolute Gasteiger partial charge is 0.246 e. The van der Waals surface area contributed by atoms with Crippen molar-refractivity contribution in [1.82, 2.24) is 9.29 Å². The standard InChI is InChI=1S/C28H35ClN2O5S/c1-5-15-36-26-12-7-6-11-24(26)23-13-14-30-19-21(23)10-8-9-16-35-20-22-17-28(37(32,33)31(2)3)27(34-4)18-25(22)29/h6-7,11-14,17-19H,5,8-10,15-16,20H2,1-4H3. The molecule has 0 aliphatic heterocycles. The quantitative estimate of drug-likeness (QED) is 0.231. The van der Waals surface area contributed by atoms with E-state index in [1.165, 1.54) is 33.3 Å². The molecule has 0 saturated carbocycles. The summed E-state index contributed by atoms with van der Waals surface area (Å²) < 4.78 is 43.6. The molecule has 1 heterocycles. The molecule has 0 N–H and O–H groups in total. The van der Waals surface area contributed by atoms with Crippen LogP contribution in [0.1, 0.15) is 37.3 Å². The van der Waals surface area contributed by atoms with Gasteiger partial charge in [-0.15, -0.1) is 0 Å². The van der Waals surface area contributed by atoms with Crippen LogP contribution in [0.4, 0.5) is 0 Å². The summed E-state index contributed by atoms with van der Waals surface area (Å²) >= 11 is 6.36. The minimum absolute atomic E-state index is 0.0651. The number of ether oxygens (including phenoxy) is 3. The highest BCUT2D eigenvalue weighted by Gasteiger charge is 2.24. The average Bonchev–Trinajstić information content (AvgIpc) is 2.90. The first-order valence-corrected chi connectivity index (χ1v) is 14.1. The zero-order valence-corrected chi connectivity index (χ0v) is 23.4. The zero-order chi connectivity index (χ0) is 26.8. The molecule has 7 nitrogen and oxygen atoms in total. The van der Waals surface area contributed by atoms with Crippen LogP contribution in [0.25, 0.3) is 11.1 Å². The van der Waals surface area contributed by atoms with Crippen molar-refractivity contribution < 1.29 is 22.6 Å². The fourth-order valence-electron chi connectivity index (χ4n) is 3.86. The number of aryl methyl sites for hydroxylation is 1. The number of rotatable bonds is 14. The lowest BCUT2D eigenvalue weighted by atomic mass is 9.97. The highest BCUT2D eigenvalue weighted by molar-refractivity contribution is 7.89. The van der Waals surface area contributed by atoms with Crippen molar-refractivity contribution in [2.24, 2.45) is 0 Å².